The van der Waals surface area contributed by atoms with Crippen molar-refractivity contribution in [2.75, 3.05) is 5.32 Å². The zero-order chi connectivity index (χ0) is 31.1. The molecular formula is C29H23Cl2F3N8O2. The molecule has 0 saturated carbocycles. The number of aromatic nitrogens is 7. The van der Waals surface area contributed by atoms with E-state index in [1.165, 1.54) is 40.0 Å². The Hall–Kier alpha value is -4.49. The van der Waals surface area contributed by atoms with Gasteiger partial charge in [-0.05, 0) is 43.2 Å². The van der Waals surface area contributed by atoms with Crippen LogP contribution in [0.1, 0.15) is 44.5 Å². The average Bonchev–Trinajstić information content (AvgIpc) is 3.62. The van der Waals surface area contributed by atoms with E-state index in [4.69, 9.17) is 23.2 Å². The SMILES string of the molecule is CC1CCCC(n2cc(F)c(-c3cc(Cl)ccc3-n3cc(Cl)nn3)cc2=O)c2cc(ccn2)-c2c(cnn2C(F)F)NC1=O. The van der Waals surface area contributed by atoms with Crippen molar-refractivity contribution < 1.29 is 18.0 Å². The summed E-state index contributed by atoms with van der Waals surface area (Å²) in [5.41, 5.74) is 0.857. The number of halogens is 5. The van der Waals surface area contributed by atoms with Gasteiger partial charge in [0, 0.05) is 46.1 Å². The second-order valence-corrected chi connectivity index (χ2v) is 11.2. The number of fused-ring (bicyclic) bond motifs is 4. The van der Waals surface area contributed by atoms with E-state index >= 15 is 4.39 Å². The van der Waals surface area contributed by atoms with Gasteiger partial charge in [0.15, 0.2) is 5.15 Å². The molecule has 226 valence electrons. The molecule has 1 aliphatic heterocycles. The van der Waals surface area contributed by atoms with Crippen LogP contribution < -0.4 is 10.9 Å². The number of alkyl halides is 2. The summed E-state index contributed by atoms with van der Waals surface area (Å²) in [6.07, 6.45) is 6.32. The van der Waals surface area contributed by atoms with Crippen molar-refractivity contribution in [1.82, 2.24) is 34.3 Å². The molecule has 1 aromatic carbocycles. The van der Waals surface area contributed by atoms with Crippen LogP contribution in [0.3, 0.4) is 0 Å². The van der Waals surface area contributed by atoms with E-state index in [1.807, 2.05) is 0 Å². The fraction of sp³-hybridized carbons (Fsp3) is 0.241. The Balaban J connectivity index is 1.48. The van der Waals surface area contributed by atoms with Gasteiger partial charge in [0.05, 0.1) is 41.2 Å². The first-order valence-electron chi connectivity index (χ1n) is 13.5. The summed E-state index contributed by atoms with van der Waals surface area (Å²) < 4.78 is 46.9. The van der Waals surface area contributed by atoms with Gasteiger partial charge in [0.1, 0.15) is 5.82 Å². The predicted octanol–water partition coefficient (Wildman–Crippen LogP) is 6.54. The number of hydrogen-bond donors (Lipinski definition) is 1. The predicted molar refractivity (Wildman–Crippen MR) is 158 cm³/mol. The third-order valence-corrected chi connectivity index (χ3v) is 7.93. The van der Waals surface area contributed by atoms with E-state index in [9.17, 15) is 18.4 Å². The van der Waals surface area contributed by atoms with E-state index in [2.05, 4.69) is 25.7 Å². The summed E-state index contributed by atoms with van der Waals surface area (Å²) in [4.78, 5) is 31.0. The molecule has 2 atom stereocenters. The van der Waals surface area contributed by atoms with Crippen LogP contribution in [-0.4, -0.2) is 40.2 Å². The van der Waals surface area contributed by atoms with Crippen LogP contribution in [-0.2, 0) is 4.79 Å². The fourth-order valence-electron chi connectivity index (χ4n) is 5.36. The smallest absolute Gasteiger partial charge is 0.323 e. The first kappa shape index (κ1) is 29.6. The molecule has 0 fully saturated rings. The monoisotopic (exact) mass is 642 g/mol. The Labute approximate surface area is 258 Å². The summed E-state index contributed by atoms with van der Waals surface area (Å²) in [7, 11) is 0. The molecule has 44 heavy (non-hydrogen) atoms. The summed E-state index contributed by atoms with van der Waals surface area (Å²) in [5.74, 6) is -1.57. The van der Waals surface area contributed by atoms with Gasteiger partial charge in [0.25, 0.3) is 5.56 Å². The summed E-state index contributed by atoms with van der Waals surface area (Å²) in [5, 5.41) is 14.6. The van der Waals surface area contributed by atoms with E-state index in [-0.39, 0.29) is 33.6 Å². The molecule has 5 heterocycles. The molecule has 1 amide bonds. The molecule has 0 spiro atoms. The van der Waals surface area contributed by atoms with Gasteiger partial charge in [-0.1, -0.05) is 41.8 Å². The highest BCUT2D eigenvalue weighted by Gasteiger charge is 2.27. The molecule has 0 aliphatic carbocycles. The topological polar surface area (TPSA) is 113 Å². The molecular weight excluding hydrogens is 620 g/mol. The van der Waals surface area contributed by atoms with Crippen molar-refractivity contribution in [3.63, 3.8) is 0 Å². The third-order valence-electron chi connectivity index (χ3n) is 7.53. The van der Waals surface area contributed by atoms with Crippen LogP contribution >= 0.6 is 23.2 Å². The maximum absolute atomic E-state index is 16.0. The van der Waals surface area contributed by atoms with Crippen molar-refractivity contribution in [3.05, 3.63) is 93.2 Å². The van der Waals surface area contributed by atoms with Gasteiger partial charge in [0.2, 0.25) is 5.91 Å². The Morgan fingerprint density at radius 3 is 2.61 bits per heavy atom. The standard InChI is InChI=1S/C29H23Cl2F3N8O2/c1-15-3-2-4-24(21-9-16(7-8-35-21)27-22(37-28(15)44)12-36-42(27)29(33)34)40-13-20(32)18(11-26(40)43)19-10-17(30)5-6-23(19)41-14-25(31)38-39-41/h5-15,24,29H,2-4H2,1H3,(H,37,44). The van der Waals surface area contributed by atoms with Gasteiger partial charge >= 0.3 is 6.55 Å². The lowest BCUT2D eigenvalue weighted by Gasteiger charge is -2.23. The Bertz CT molecular complexity index is 1940. The lowest BCUT2D eigenvalue weighted by molar-refractivity contribution is -0.119. The van der Waals surface area contributed by atoms with E-state index < -0.39 is 29.9 Å². The quantitative estimate of drug-likeness (QED) is 0.238. The molecule has 4 aromatic heterocycles. The Morgan fingerprint density at radius 2 is 1.86 bits per heavy atom. The molecule has 2 unspecified atom stereocenters. The summed E-state index contributed by atoms with van der Waals surface area (Å²) in [6, 6.07) is 8.12. The average molecular weight is 643 g/mol. The number of amides is 1. The number of hydrogen-bond acceptors (Lipinski definition) is 6. The number of carbonyl (C=O) groups excluding carboxylic acids is 1. The minimum atomic E-state index is -2.98. The highest BCUT2D eigenvalue weighted by Crippen LogP contribution is 2.36. The number of rotatable bonds is 4. The highest BCUT2D eigenvalue weighted by molar-refractivity contribution is 6.31. The van der Waals surface area contributed by atoms with Crippen LogP contribution in [0, 0.1) is 11.7 Å². The minimum Gasteiger partial charge on any atom is -0.323 e. The Kier molecular flexibility index (Phi) is 7.99. The van der Waals surface area contributed by atoms with Gasteiger partial charge in [-0.3, -0.25) is 14.6 Å². The highest BCUT2D eigenvalue weighted by atomic mass is 35.5. The maximum Gasteiger partial charge on any atom is 0.333 e. The number of nitrogens with zero attached hydrogens (tertiary/aromatic N) is 7. The van der Waals surface area contributed by atoms with Crippen LogP contribution in [0.2, 0.25) is 10.2 Å². The zero-order valence-electron chi connectivity index (χ0n) is 23.0. The van der Waals surface area contributed by atoms with Crippen molar-refractivity contribution >= 4 is 34.8 Å². The molecule has 0 saturated heterocycles. The van der Waals surface area contributed by atoms with Crippen molar-refractivity contribution in [3.8, 4) is 28.1 Å². The number of nitrogens with one attached hydrogen (secondary N) is 1. The summed E-state index contributed by atoms with van der Waals surface area (Å²) in [6.45, 7) is -1.27. The van der Waals surface area contributed by atoms with E-state index in [0.717, 1.165) is 12.3 Å². The van der Waals surface area contributed by atoms with Gasteiger partial charge < -0.3 is 9.88 Å². The van der Waals surface area contributed by atoms with Gasteiger partial charge in [-0.2, -0.15) is 13.9 Å². The van der Waals surface area contributed by atoms with Crippen LogP contribution in [0.5, 0.6) is 0 Å². The lowest BCUT2D eigenvalue weighted by atomic mass is 9.96. The second-order valence-electron chi connectivity index (χ2n) is 10.4. The number of benzene rings is 1. The first-order chi connectivity index (χ1) is 21.1. The van der Waals surface area contributed by atoms with Gasteiger partial charge in [-0.25, -0.2) is 13.8 Å². The molecule has 6 rings (SSSR count). The molecule has 15 heteroatoms. The molecule has 5 aromatic rings. The Morgan fingerprint density at radius 1 is 1.05 bits per heavy atom. The van der Waals surface area contributed by atoms with E-state index in [1.54, 1.807) is 25.1 Å². The molecule has 1 N–H and O–H groups in total. The fourth-order valence-corrected chi connectivity index (χ4v) is 5.66. The van der Waals surface area contributed by atoms with Crippen LogP contribution in [0.4, 0.5) is 18.9 Å². The zero-order valence-corrected chi connectivity index (χ0v) is 24.5. The van der Waals surface area contributed by atoms with Crippen molar-refractivity contribution in [2.24, 2.45) is 5.92 Å². The molecule has 2 bridgehead atoms. The third kappa shape index (κ3) is 5.60. The maximum atomic E-state index is 16.0. The van der Waals surface area contributed by atoms with Crippen LogP contribution in [0.25, 0.3) is 28.1 Å². The number of carbonyl (C=O) groups is 1. The first-order valence-corrected chi connectivity index (χ1v) is 14.3. The molecule has 1 aliphatic rings. The lowest BCUT2D eigenvalue weighted by Crippen LogP contribution is -2.27. The molecule has 0 radical (unpaired) electrons. The normalized spacial score (nSPS) is 17.1. The number of pyridine rings is 2. The van der Waals surface area contributed by atoms with E-state index in [0.29, 0.717) is 45.9 Å². The van der Waals surface area contributed by atoms with Crippen molar-refractivity contribution in [2.45, 2.75) is 38.8 Å². The number of anilines is 1. The summed E-state index contributed by atoms with van der Waals surface area (Å²) >= 11 is 12.2. The van der Waals surface area contributed by atoms with Crippen molar-refractivity contribution in [1.29, 1.82) is 0 Å². The largest absolute Gasteiger partial charge is 0.333 e. The minimum absolute atomic E-state index is 0.0147. The second kappa shape index (κ2) is 11.9. The van der Waals surface area contributed by atoms with Crippen LogP contribution in [0.15, 0.2) is 66.0 Å². The molecule has 10 nitrogen and oxygen atoms in total. The van der Waals surface area contributed by atoms with Gasteiger partial charge in [-0.15, -0.1) is 5.10 Å².